The van der Waals surface area contributed by atoms with Crippen LogP contribution in [0.25, 0.3) is 0 Å². The molecule has 1 heterocycles. The number of hydrogen-bond donors (Lipinski definition) is 1. The molecule has 0 atom stereocenters. The maximum atomic E-state index is 9.76. The van der Waals surface area contributed by atoms with Crippen molar-refractivity contribution in [2.75, 3.05) is 7.11 Å². The number of pyridine rings is 1. The Labute approximate surface area is 82.5 Å². The number of carboxylic acid groups (broad SMARTS) is 1. The van der Waals surface area contributed by atoms with Gasteiger partial charge in [-0.1, -0.05) is 0 Å². The van der Waals surface area contributed by atoms with E-state index < -0.39 is 5.97 Å². The summed E-state index contributed by atoms with van der Waals surface area (Å²) in [6.45, 7) is 0. The molecule has 1 aromatic heterocycles. The lowest BCUT2D eigenvalue weighted by molar-refractivity contribution is -0.138. The van der Waals surface area contributed by atoms with Crippen LogP contribution >= 0.6 is 0 Å². The number of aromatic nitrogens is 1. The number of nitrogens with zero attached hydrogens (tertiary/aromatic N) is 1. The molecule has 0 amide bonds. The molecule has 0 radical (unpaired) electrons. The fraction of sp³-hybridized carbons (Fsp3) is 0.400. The van der Waals surface area contributed by atoms with Gasteiger partial charge >= 0.3 is 5.97 Å². The quantitative estimate of drug-likeness (QED) is 0.778. The molecular formula is C10H13NO3. The predicted molar refractivity (Wildman–Crippen MR) is 51.1 cm³/mol. The van der Waals surface area contributed by atoms with Gasteiger partial charge in [0.25, 0.3) is 0 Å². The normalized spacial score (nSPS) is 13.8. The Morgan fingerprint density at radius 2 is 2.07 bits per heavy atom. The maximum Gasteiger partial charge on any atom is 0.306 e. The van der Waals surface area contributed by atoms with E-state index in [4.69, 9.17) is 9.84 Å². The third-order valence-electron chi connectivity index (χ3n) is 1.81. The Kier molecular flexibility index (Phi) is 3.91. The van der Waals surface area contributed by atoms with E-state index in [0.717, 1.165) is 18.6 Å². The molecule has 14 heavy (non-hydrogen) atoms. The molecule has 0 aromatic carbocycles. The summed E-state index contributed by atoms with van der Waals surface area (Å²) in [4.78, 5) is 13.6. The van der Waals surface area contributed by atoms with Crippen LogP contribution in [0.2, 0.25) is 0 Å². The standard InChI is InChI=1S/C6H7NO.C4H6O2/c1-8-6-2-4-7-5-3-6;5-4(6)3-1-2-3/h2-5H,1H3;3H,1-2H2,(H,5,6). The zero-order valence-corrected chi connectivity index (χ0v) is 8.01. The molecule has 0 bridgehead atoms. The Bertz CT molecular complexity index is 283. The molecule has 1 saturated carbocycles. The van der Waals surface area contributed by atoms with Gasteiger partial charge in [-0.3, -0.25) is 9.78 Å². The lowest BCUT2D eigenvalue weighted by Crippen LogP contribution is -1.94. The van der Waals surface area contributed by atoms with Crippen molar-refractivity contribution >= 4 is 5.97 Å². The molecule has 0 aliphatic heterocycles. The minimum absolute atomic E-state index is 0.0185. The van der Waals surface area contributed by atoms with Crippen molar-refractivity contribution in [3.05, 3.63) is 24.5 Å². The first-order chi connectivity index (χ1) is 6.74. The Hall–Kier alpha value is -1.58. The highest BCUT2D eigenvalue weighted by Crippen LogP contribution is 2.28. The monoisotopic (exact) mass is 195 g/mol. The van der Waals surface area contributed by atoms with E-state index in [1.54, 1.807) is 31.6 Å². The maximum absolute atomic E-state index is 9.76. The summed E-state index contributed by atoms with van der Waals surface area (Å²) in [5.74, 6) is 0.236. The minimum atomic E-state index is -0.630. The number of carbonyl (C=O) groups is 1. The zero-order valence-electron chi connectivity index (χ0n) is 8.01. The first kappa shape index (κ1) is 10.5. The predicted octanol–water partition coefficient (Wildman–Crippen LogP) is 1.57. The third-order valence-corrected chi connectivity index (χ3v) is 1.81. The highest BCUT2D eigenvalue weighted by atomic mass is 16.5. The number of aliphatic carboxylic acids is 1. The zero-order chi connectivity index (χ0) is 10.4. The van der Waals surface area contributed by atoms with Crippen LogP contribution in [0.1, 0.15) is 12.8 Å². The van der Waals surface area contributed by atoms with Gasteiger partial charge in [0.2, 0.25) is 0 Å². The number of carboxylic acids is 1. The number of ether oxygens (including phenoxy) is 1. The second kappa shape index (κ2) is 5.21. The first-order valence-corrected chi connectivity index (χ1v) is 4.41. The average Bonchev–Trinajstić information content (AvgIpc) is 3.03. The SMILES string of the molecule is COc1ccncc1.O=C(O)C1CC1. The van der Waals surface area contributed by atoms with Crippen molar-refractivity contribution in [1.29, 1.82) is 0 Å². The second-order valence-electron chi connectivity index (χ2n) is 3.00. The van der Waals surface area contributed by atoms with Crippen molar-refractivity contribution < 1.29 is 14.6 Å². The van der Waals surface area contributed by atoms with Gasteiger partial charge in [0.15, 0.2) is 0 Å². The molecule has 0 saturated heterocycles. The van der Waals surface area contributed by atoms with Crippen LogP contribution in [0.15, 0.2) is 24.5 Å². The molecule has 1 N–H and O–H groups in total. The molecule has 2 rings (SSSR count). The minimum Gasteiger partial charge on any atom is -0.497 e. The molecule has 1 fully saturated rings. The fourth-order valence-corrected chi connectivity index (χ4v) is 0.805. The van der Waals surface area contributed by atoms with Crippen LogP contribution in [0.3, 0.4) is 0 Å². The number of methoxy groups -OCH3 is 1. The van der Waals surface area contributed by atoms with E-state index in [-0.39, 0.29) is 5.92 Å². The van der Waals surface area contributed by atoms with E-state index in [1.165, 1.54) is 0 Å². The van der Waals surface area contributed by atoms with E-state index in [1.807, 2.05) is 0 Å². The summed E-state index contributed by atoms with van der Waals surface area (Å²) in [5.41, 5.74) is 0. The van der Waals surface area contributed by atoms with Gasteiger partial charge in [-0.2, -0.15) is 0 Å². The Morgan fingerprint density at radius 3 is 2.29 bits per heavy atom. The van der Waals surface area contributed by atoms with E-state index >= 15 is 0 Å². The van der Waals surface area contributed by atoms with Crippen LogP contribution < -0.4 is 4.74 Å². The van der Waals surface area contributed by atoms with E-state index in [0.29, 0.717) is 0 Å². The Balaban J connectivity index is 0.000000146. The molecule has 76 valence electrons. The molecule has 4 nitrogen and oxygen atoms in total. The lowest BCUT2D eigenvalue weighted by atomic mass is 10.5. The fourth-order valence-electron chi connectivity index (χ4n) is 0.805. The molecule has 0 spiro atoms. The van der Waals surface area contributed by atoms with Crippen LogP contribution in [0.5, 0.6) is 5.75 Å². The van der Waals surface area contributed by atoms with Crippen LogP contribution in [-0.4, -0.2) is 23.2 Å². The highest BCUT2D eigenvalue weighted by Gasteiger charge is 2.28. The average molecular weight is 195 g/mol. The lowest BCUT2D eigenvalue weighted by Gasteiger charge is -1.93. The van der Waals surface area contributed by atoms with Gasteiger partial charge in [0, 0.05) is 12.4 Å². The molecule has 1 aromatic rings. The summed E-state index contributed by atoms with van der Waals surface area (Å²) in [6.07, 6.45) is 5.18. The van der Waals surface area contributed by atoms with E-state index in [2.05, 4.69) is 4.98 Å². The highest BCUT2D eigenvalue weighted by molar-refractivity contribution is 5.72. The molecule has 1 aliphatic carbocycles. The first-order valence-electron chi connectivity index (χ1n) is 4.41. The van der Waals surface area contributed by atoms with Gasteiger partial charge in [-0.15, -0.1) is 0 Å². The van der Waals surface area contributed by atoms with E-state index in [9.17, 15) is 4.79 Å². The summed E-state index contributed by atoms with van der Waals surface area (Å²) in [5, 5.41) is 8.05. The number of rotatable bonds is 2. The largest absolute Gasteiger partial charge is 0.497 e. The smallest absolute Gasteiger partial charge is 0.306 e. The second-order valence-corrected chi connectivity index (χ2v) is 3.00. The van der Waals surface area contributed by atoms with Crippen molar-refractivity contribution in [2.24, 2.45) is 5.92 Å². The van der Waals surface area contributed by atoms with Crippen molar-refractivity contribution in [2.45, 2.75) is 12.8 Å². The van der Waals surface area contributed by atoms with Crippen molar-refractivity contribution in [3.8, 4) is 5.75 Å². The topological polar surface area (TPSA) is 59.4 Å². The molecule has 4 heteroatoms. The summed E-state index contributed by atoms with van der Waals surface area (Å²) < 4.78 is 4.87. The van der Waals surface area contributed by atoms with Crippen LogP contribution in [0, 0.1) is 5.92 Å². The summed E-state index contributed by atoms with van der Waals surface area (Å²) in [7, 11) is 1.63. The summed E-state index contributed by atoms with van der Waals surface area (Å²) >= 11 is 0. The Morgan fingerprint density at radius 1 is 1.50 bits per heavy atom. The van der Waals surface area contributed by atoms with Gasteiger partial charge in [-0.25, -0.2) is 0 Å². The van der Waals surface area contributed by atoms with Crippen molar-refractivity contribution in [1.82, 2.24) is 4.98 Å². The van der Waals surface area contributed by atoms with Crippen LogP contribution in [-0.2, 0) is 4.79 Å². The third kappa shape index (κ3) is 3.89. The van der Waals surface area contributed by atoms with Gasteiger partial charge in [0.1, 0.15) is 5.75 Å². The van der Waals surface area contributed by atoms with Crippen LogP contribution in [0.4, 0.5) is 0 Å². The van der Waals surface area contributed by atoms with Gasteiger partial charge in [0.05, 0.1) is 13.0 Å². The van der Waals surface area contributed by atoms with Crippen molar-refractivity contribution in [3.63, 3.8) is 0 Å². The molecule has 1 aliphatic rings. The number of hydrogen-bond acceptors (Lipinski definition) is 3. The van der Waals surface area contributed by atoms with Gasteiger partial charge in [-0.05, 0) is 25.0 Å². The molecule has 0 unspecified atom stereocenters. The summed E-state index contributed by atoms with van der Waals surface area (Å²) in [6, 6.07) is 3.61. The molecular weight excluding hydrogens is 182 g/mol. The van der Waals surface area contributed by atoms with Gasteiger partial charge < -0.3 is 9.84 Å².